The zero-order chi connectivity index (χ0) is 11.4. The van der Waals surface area contributed by atoms with Crippen molar-refractivity contribution in [1.29, 1.82) is 5.26 Å². The number of hydrogen-bond donors (Lipinski definition) is 0. The van der Waals surface area contributed by atoms with Gasteiger partial charge in [-0.3, -0.25) is 0 Å². The van der Waals surface area contributed by atoms with Crippen LogP contribution in [0.15, 0.2) is 23.0 Å². The molecular formula is C12H13NO3. The summed E-state index contributed by atoms with van der Waals surface area (Å²) in [6, 6.07) is 3.77. The zero-order valence-electron chi connectivity index (χ0n) is 8.89. The fourth-order valence-electron chi connectivity index (χ4n) is 1.97. The van der Waals surface area contributed by atoms with Gasteiger partial charge in [0.2, 0.25) is 0 Å². The number of carbonyl (C=O) groups excluding carboxylic acids is 1. The summed E-state index contributed by atoms with van der Waals surface area (Å²) in [7, 11) is 0. The Labute approximate surface area is 93.8 Å². The third-order valence-electron chi connectivity index (χ3n) is 2.88. The van der Waals surface area contributed by atoms with Crippen molar-refractivity contribution < 1.29 is 13.9 Å². The van der Waals surface area contributed by atoms with Gasteiger partial charge in [-0.1, -0.05) is 6.42 Å². The Bertz CT molecular complexity index is 391. The van der Waals surface area contributed by atoms with Crippen LogP contribution in [0.25, 0.3) is 0 Å². The summed E-state index contributed by atoms with van der Waals surface area (Å²) in [5, 5.41) is 8.95. The lowest BCUT2D eigenvalue weighted by atomic mass is 9.87. The van der Waals surface area contributed by atoms with Crippen molar-refractivity contribution in [2.24, 2.45) is 5.92 Å². The normalized spacial score (nSPS) is 24.7. The number of nitriles is 1. The van der Waals surface area contributed by atoms with E-state index >= 15 is 0 Å². The predicted molar refractivity (Wildman–Crippen MR) is 55.5 cm³/mol. The van der Waals surface area contributed by atoms with Gasteiger partial charge < -0.3 is 9.15 Å². The first-order valence-electron chi connectivity index (χ1n) is 5.44. The summed E-state index contributed by atoms with van der Waals surface area (Å²) in [6.45, 7) is 0. The van der Waals surface area contributed by atoms with E-state index in [1.54, 1.807) is 6.07 Å². The number of ether oxygens (including phenoxy) is 1. The van der Waals surface area contributed by atoms with Crippen LogP contribution in [0.3, 0.4) is 0 Å². The molecule has 0 saturated heterocycles. The molecule has 1 aliphatic rings. The van der Waals surface area contributed by atoms with E-state index in [1.807, 2.05) is 0 Å². The SMILES string of the molecule is N#C[C@@H]1CCCC[C@H]1OC(=O)c1ccoc1. The van der Waals surface area contributed by atoms with Gasteiger partial charge in [0.25, 0.3) is 0 Å². The van der Waals surface area contributed by atoms with Gasteiger partial charge in [0.15, 0.2) is 0 Å². The topological polar surface area (TPSA) is 63.2 Å². The van der Waals surface area contributed by atoms with Crippen molar-refractivity contribution in [1.82, 2.24) is 0 Å². The Hall–Kier alpha value is -1.76. The van der Waals surface area contributed by atoms with E-state index in [0.717, 1.165) is 25.7 Å². The summed E-state index contributed by atoms with van der Waals surface area (Å²) in [5.74, 6) is -0.564. The monoisotopic (exact) mass is 219 g/mol. The molecular weight excluding hydrogens is 206 g/mol. The molecule has 1 heterocycles. The lowest BCUT2D eigenvalue weighted by molar-refractivity contribution is 0.0107. The molecule has 0 aromatic carbocycles. The van der Waals surface area contributed by atoms with E-state index in [0.29, 0.717) is 5.56 Å². The lowest BCUT2D eigenvalue weighted by Crippen LogP contribution is -2.29. The van der Waals surface area contributed by atoms with Crippen LogP contribution in [0.1, 0.15) is 36.0 Å². The Balaban J connectivity index is 1.98. The number of esters is 1. The smallest absolute Gasteiger partial charge is 0.341 e. The third kappa shape index (κ3) is 2.25. The van der Waals surface area contributed by atoms with Crippen LogP contribution in [0.5, 0.6) is 0 Å². The minimum atomic E-state index is -0.402. The molecule has 0 radical (unpaired) electrons. The minimum Gasteiger partial charge on any atom is -0.472 e. The van der Waals surface area contributed by atoms with Gasteiger partial charge in [-0.05, 0) is 25.3 Å². The van der Waals surface area contributed by atoms with Crippen LogP contribution in [0.4, 0.5) is 0 Å². The Morgan fingerprint density at radius 2 is 2.31 bits per heavy atom. The first-order valence-corrected chi connectivity index (χ1v) is 5.44. The van der Waals surface area contributed by atoms with Gasteiger partial charge in [0.1, 0.15) is 12.4 Å². The van der Waals surface area contributed by atoms with Crippen LogP contribution in [0.2, 0.25) is 0 Å². The van der Waals surface area contributed by atoms with Gasteiger partial charge in [0, 0.05) is 0 Å². The van der Waals surface area contributed by atoms with Crippen LogP contribution in [-0.4, -0.2) is 12.1 Å². The molecule has 0 unspecified atom stereocenters. The number of nitrogens with zero attached hydrogens (tertiary/aromatic N) is 1. The summed E-state index contributed by atoms with van der Waals surface area (Å²) >= 11 is 0. The largest absolute Gasteiger partial charge is 0.472 e. The second kappa shape index (κ2) is 4.84. The molecule has 4 heteroatoms. The Morgan fingerprint density at radius 3 is 3.00 bits per heavy atom. The lowest BCUT2D eigenvalue weighted by Gasteiger charge is -2.26. The number of rotatable bonds is 2. The highest BCUT2D eigenvalue weighted by molar-refractivity contribution is 5.89. The molecule has 0 spiro atoms. The Kier molecular flexibility index (Phi) is 3.25. The molecule has 1 aromatic rings. The number of hydrogen-bond acceptors (Lipinski definition) is 4. The molecule has 2 atom stereocenters. The van der Waals surface area contributed by atoms with Crippen LogP contribution >= 0.6 is 0 Å². The van der Waals surface area contributed by atoms with Gasteiger partial charge in [-0.2, -0.15) is 5.26 Å². The first kappa shape index (κ1) is 10.7. The van der Waals surface area contributed by atoms with E-state index in [2.05, 4.69) is 6.07 Å². The maximum absolute atomic E-state index is 11.6. The molecule has 1 saturated carbocycles. The summed E-state index contributed by atoms with van der Waals surface area (Å²) < 4.78 is 10.1. The minimum absolute atomic E-state index is 0.162. The van der Waals surface area contributed by atoms with Gasteiger partial charge in [0.05, 0.1) is 23.8 Å². The molecule has 1 aliphatic carbocycles. The second-order valence-corrected chi connectivity index (χ2v) is 3.98. The maximum atomic E-state index is 11.6. The van der Waals surface area contributed by atoms with Crippen molar-refractivity contribution in [3.05, 3.63) is 24.2 Å². The molecule has 0 amide bonds. The maximum Gasteiger partial charge on any atom is 0.341 e. The van der Waals surface area contributed by atoms with Gasteiger partial charge in [-0.25, -0.2) is 4.79 Å². The standard InChI is InChI=1S/C12H13NO3/c13-7-9-3-1-2-4-11(9)16-12(14)10-5-6-15-8-10/h5-6,8-9,11H,1-4H2/t9-,11+/m0/s1. The van der Waals surface area contributed by atoms with Gasteiger partial charge >= 0.3 is 5.97 Å². The Morgan fingerprint density at radius 1 is 1.50 bits per heavy atom. The first-order chi connectivity index (χ1) is 7.81. The fraction of sp³-hybridized carbons (Fsp3) is 0.500. The van der Waals surface area contributed by atoms with Crippen LogP contribution < -0.4 is 0 Å². The van der Waals surface area contributed by atoms with E-state index in [4.69, 9.17) is 14.4 Å². The molecule has 0 bridgehead atoms. The quantitative estimate of drug-likeness (QED) is 0.717. The summed E-state index contributed by atoms with van der Waals surface area (Å²) in [5.41, 5.74) is 0.405. The second-order valence-electron chi connectivity index (χ2n) is 3.98. The molecule has 16 heavy (non-hydrogen) atoms. The number of furan rings is 1. The molecule has 0 aliphatic heterocycles. The molecule has 84 valence electrons. The summed E-state index contributed by atoms with van der Waals surface area (Å²) in [4.78, 5) is 11.6. The molecule has 4 nitrogen and oxygen atoms in total. The van der Waals surface area contributed by atoms with E-state index < -0.39 is 5.97 Å². The predicted octanol–water partition coefficient (Wildman–Crippen LogP) is 2.52. The van der Waals surface area contributed by atoms with Crippen LogP contribution in [-0.2, 0) is 4.74 Å². The average Bonchev–Trinajstić information content (AvgIpc) is 2.83. The van der Waals surface area contributed by atoms with E-state index in [-0.39, 0.29) is 12.0 Å². The molecule has 2 rings (SSSR count). The highest BCUT2D eigenvalue weighted by atomic mass is 16.5. The number of carbonyl (C=O) groups is 1. The van der Waals surface area contributed by atoms with Crippen molar-refractivity contribution in [2.75, 3.05) is 0 Å². The van der Waals surface area contributed by atoms with E-state index in [1.165, 1.54) is 12.5 Å². The third-order valence-corrected chi connectivity index (χ3v) is 2.88. The van der Waals surface area contributed by atoms with Crippen molar-refractivity contribution in [3.63, 3.8) is 0 Å². The molecule has 0 N–H and O–H groups in total. The zero-order valence-corrected chi connectivity index (χ0v) is 8.89. The van der Waals surface area contributed by atoms with Gasteiger partial charge in [-0.15, -0.1) is 0 Å². The molecule has 1 aromatic heterocycles. The summed E-state index contributed by atoms with van der Waals surface area (Å²) in [6.07, 6.45) is 6.17. The highest BCUT2D eigenvalue weighted by Gasteiger charge is 2.28. The highest BCUT2D eigenvalue weighted by Crippen LogP contribution is 2.27. The van der Waals surface area contributed by atoms with E-state index in [9.17, 15) is 4.79 Å². The molecule has 1 fully saturated rings. The van der Waals surface area contributed by atoms with Crippen LogP contribution in [0, 0.1) is 17.2 Å². The average molecular weight is 219 g/mol. The fourth-order valence-corrected chi connectivity index (χ4v) is 1.97. The van der Waals surface area contributed by atoms with Crippen molar-refractivity contribution in [2.45, 2.75) is 31.8 Å². The van der Waals surface area contributed by atoms with Crippen molar-refractivity contribution in [3.8, 4) is 6.07 Å². The van der Waals surface area contributed by atoms with Crippen molar-refractivity contribution >= 4 is 5.97 Å².